The number of phenols is 2. The van der Waals surface area contributed by atoms with Crippen LogP contribution in [-0.2, 0) is 33.8 Å². The van der Waals surface area contributed by atoms with Crippen LogP contribution in [-0.4, -0.2) is 93.0 Å². The number of aromatic nitrogens is 1. The van der Waals surface area contributed by atoms with E-state index in [1.54, 1.807) is 36.5 Å². The average molecular weight is 775 g/mol. The van der Waals surface area contributed by atoms with Crippen LogP contribution in [0, 0.1) is 12.0 Å². The van der Waals surface area contributed by atoms with Crippen molar-refractivity contribution in [2.24, 2.45) is 0 Å². The first-order chi connectivity index (χ1) is 27.7. The number of ether oxygens (including phenoxy) is 5. The first-order valence-corrected chi connectivity index (χ1v) is 19.2. The van der Waals surface area contributed by atoms with Crippen LogP contribution in [0.5, 0.6) is 23.0 Å². The molecule has 4 aliphatic rings. The molecule has 13 nitrogen and oxygen atoms in total. The first-order valence-electron chi connectivity index (χ1n) is 19.2. The third-order valence-corrected chi connectivity index (χ3v) is 11.7. The molecule has 4 heterocycles. The Morgan fingerprint density at radius 3 is 2.63 bits per heavy atom. The topological polar surface area (TPSA) is 180 Å². The van der Waals surface area contributed by atoms with Gasteiger partial charge in [-0.05, 0) is 71.2 Å². The van der Waals surface area contributed by atoms with Crippen molar-refractivity contribution in [2.75, 3.05) is 20.3 Å². The highest BCUT2D eigenvalue weighted by atomic mass is 16.7. The molecular formula is C44H42N2O11. The Bertz CT molecular complexity index is 2460. The Kier molecular flexibility index (Phi) is 9.66. The van der Waals surface area contributed by atoms with Gasteiger partial charge in [-0.3, -0.25) is 9.59 Å². The molecular weight excluding hydrogens is 732 g/mol. The monoisotopic (exact) mass is 774 g/mol. The summed E-state index contributed by atoms with van der Waals surface area (Å²) in [7, 11) is 1.49. The normalized spacial score (nSPS) is 23.6. The third kappa shape index (κ3) is 6.58. The quantitative estimate of drug-likeness (QED) is 0.144. The van der Waals surface area contributed by atoms with Crippen LogP contribution in [0.4, 0.5) is 0 Å². The van der Waals surface area contributed by atoms with Gasteiger partial charge in [-0.1, -0.05) is 37.0 Å². The smallest absolute Gasteiger partial charge is 0.254 e. The number of Topliss-reactive ketones (excluding diaryl/α,β-unsaturated/α-hetero) is 1. The number of aliphatic hydroxyl groups is 2. The SMILES string of the molecule is COc1cc2c3c(O)c(c(C4CCCC4)cc3c1)C(=O)CN1Cc3c(cccc3C1=O)CC#CO[C@@H]1[C@@H](O)[C@@H](O2)O[C@H](COCc2c[nH]c3cccc(O)c23)[C@H]1O. The van der Waals surface area contributed by atoms with Crippen LogP contribution in [0.3, 0.4) is 0 Å². The summed E-state index contributed by atoms with van der Waals surface area (Å²) < 4.78 is 30.2. The molecule has 57 heavy (non-hydrogen) atoms. The number of benzene rings is 4. The van der Waals surface area contributed by atoms with E-state index in [2.05, 4.69) is 17.0 Å². The van der Waals surface area contributed by atoms with Gasteiger partial charge in [-0.2, -0.15) is 0 Å². The van der Waals surface area contributed by atoms with Crippen molar-refractivity contribution in [3.05, 3.63) is 94.2 Å². The number of fused-ring (bicyclic) bond motifs is 5. The Hall–Kier alpha value is -5.78. The van der Waals surface area contributed by atoms with E-state index in [4.69, 9.17) is 23.7 Å². The van der Waals surface area contributed by atoms with E-state index in [1.807, 2.05) is 18.2 Å². The number of carbonyl (C=O) groups is 2. The van der Waals surface area contributed by atoms with Crippen molar-refractivity contribution < 1.29 is 53.7 Å². The number of amides is 1. The molecule has 1 amide bonds. The van der Waals surface area contributed by atoms with Gasteiger partial charge in [0.05, 0.1) is 37.8 Å². The fraction of sp³-hybridized carbons (Fsp3) is 0.364. The summed E-state index contributed by atoms with van der Waals surface area (Å²) in [5.41, 5.74) is 4.24. The van der Waals surface area contributed by atoms with Gasteiger partial charge < -0.3 is 54.0 Å². The van der Waals surface area contributed by atoms with Crippen LogP contribution in [0.15, 0.2) is 60.8 Å². The van der Waals surface area contributed by atoms with E-state index in [0.29, 0.717) is 33.2 Å². The molecule has 1 saturated heterocycles. The minimum absolute atomic E-state index is 0.0150. The molecule has 1 saturated carbocycles. The van der Waals surface area contributed by atoms with E-state index < -0.39 is 36.5 Å². The zero-order chi connectivity index (χ0) is 39.4. The number of nitrogens with one attached hydrogen (secondary N) is 1. The van der Waals surface area contributed by atoms with Gasteiger partial charge in [0, 0.05) is 47.3 Å². The van der Waals surface area contributed by atoms with E-state index in [-0.39, 0.29) is 72.7 Å². The van der Waals surface area contributed by atoms with Gasteiger partial charge in [-0.15, -0.1) is 0 Å². The van der Waals surface area contributed by atoms with Crippen LogP contribution < -0.4 is 9.47 Å². The van der Waals surface area contributed by atoms with Crippen molar-refractivity contribution in [3.8, 4) is 35.0 Å². The summed E-state index contributed by atoms with van der Waals surface area (Å²) in [4.78, 5) is 32.7. The molecule has 9 rings (SSSR count). The summed E-state index contributed by atoms with van der Waals surface area (Å²) in [6.45, 7) is -0.179. The van der Waals surface area contributed by atoms with Crippen molar-refractivity contribution >= 4 is 33.4 Å². The summed E-state index contributed by atoms with van der Waals surface area (Å²) in [6, 6.07) is 15.6. The summed E-state index contributed by atoms with van der Waals surface area (Å²) in [5.74, 6) is 2.49. The van der Waals surface area contributed by atoms with E-state index in [9.17, 15) is 30.0 Å². The Morgan fingerprint density at radius 2 is 1.81 bits per heavy atom. The molecule has 6 bridgehead atoms. The lowest BCUT2D eigenvalue weighted by atomic mass is 9.87. The van der Waals surface area contributed by atoms with Crippen LogP contribution in [0.1, 0.15) is 74.6 Å². The van der Waals surface area contributed by atoms with Gasteiger partial charge in [-0.25, -0.2) is 0 Å². The van der Waals surface area contributed by atoms with E-state index >= 15 is 0 Å². The maximum Gasteiger partial charge on any atom is 0.254 e. The Balaban J connectivity index is 1.12. The highest BCUT2D eigenvalue weighted by molar-refractivity contribution is 6.11. The number of aliphatic hydroxyl groups excluding tert-OH is 2. The Morgan fingerprint density at radius 1 is 0.982 bits per heavy atom. The lowest BCUT2D eigenvalue weighted by molar-refractivity contribution is -0.279. The predicted molar refractivity (Wildman–Crippen MR) is 206 cm³/mol. The van der Waals surface area contributed by atoms with Crippen molar-refractivity contribution in [2.45, 2.75) is 81.9 Å². The molecule has 5 N–H and O–H groups in total. The number of hydrogen-bond acceptors (Lipinski definition) is 11. The molecule has 13 heteroatoms. The molecule has 0 unspecified atom stereocenters. The lowest BCUT2D eigenvalue weighted by Crippen LogP contribution is -2.60. The zero-order valence-corrected chi connectivity index (χ0v) is 31.2. The molecule has 5 atom stereocenters. The largest absolute Gasteiger partial charge is 0.507 e. The Labute approximate surface area is 327 Å². The molecule has 2 fully saturated rings. The molecule has 1 aliphatic carbocycles. The number of phenolic OH excluding ortho intramolecular Hbond substituents is 2. The molecule has 294 valence electrons. The van der Waals surface area contributed by atoms with Crippen molar-refractivity contribution in [3.63, 3.8) is 0 Å². The van der Waals surface area contributed by atoms with Crippen LogP contribution >= 0.6 is 0 Å². The highest BCUT2D eigenvalue weighted by Crippen LogP contribution is 2.47. The maximum atomic E-state index is 14.5. The molecule has 3 aliphatic heterocycles. The summed E-state index contributed by atoms with van der Waals surface area (Å²) in [5, 5.41) is 47.3. The number of nitrogens with zero attached hydrogens (tertiary/aromatic N) is 1. The summed E-state index contributed by atoms with van der Waals surface area (Å²) >= 11 is 0. The predicted octanol–water partition coefficient (Wildman–Crippen LogP) is 5.18. The second-order valence-corrected chi connectivity index (χ2v) is 15.1. The number of H-pyrrole nitrogens is 1. The molecule has 1 aromatic heterocycles. The first kappa shape index (κ1) is 36.8. The number of carbonyl (C=O) groups excluding carboxylic acids is 2. The highest BCUT2D eigenvalue weighted by Gasteiger charge is 2.48. The minimum Gasteiger partial charge on any atom is -0.507 e. The van der Waals surface area contributed by atoms with Gasteiger partial charge in [0.15, 0.2) is 18.0 Å². The van der Waals surface area contributed by atoms with Crippen molar-refractivity contribution in [1.29, 1.82) is 0 Å². The van der Waals surface area contributed by atoms with Crippen LogP contribution in [0.25, 0.3) is 21.7 Å². The van der Waals surface area contributed by atoms with Gasteiger partial charge >= 0.3 is 0 Å². The third-order valence-electron chi connectivity index (χ3n) is 11.7. The maximum absolute atomic E-state index is 14.5. The number of aromatic hydroxyl groups is 2. The fourth-order valence-corrected chi connectivity index (χ4v) is 8.82. The zero-order valence-electron chi connectivity index (χ0n) is 31.2. The molecule has 5 aromatic rings. The van der Waals surface area contributed by atoms with Gasteiger partial charge in [0.25, 0.3) is 5.91 Å². The number of aromatic amines is 1. The fourth-order valence-electron chi connectivity index (χ4n) is 8.82. The molecule has 0 spiro atoms. The standard InChI is InChI=1S/C44H42N2O11/c1-53-27-15-25-16-29(23-7-2-3-8-23)38-33(48)20-46-19-30-24(9-4-11-28(30)43(46)52)10-6-14-55-42-39(49)35(57-44(41(42)51)56-34(17-27)37(25)40(38)50)22-54-21-26-18-45-31-12-5-13-32(47)36(26)31/h4-5,9,11-13,15-18,23,35,39,41-42,44-45,47,49-51H,2-3,7-8,10,19-22H2,1H3/t35-,39-,41-,42+,44+/m1/s1. The lowest BCUT2D eigenvalue weighted by Gasteiger charge is -2.41. The number of rotatable bonds is 6. The molecule has 4 aromatic carbocycles. The van der Waals surface area contributed by atoms with Crippen molar-refractivity contribution in [1.82, 2.24) is 9.88 Å². The minimum atomic E-state index is -1.59. The van der Waals surface area contributed by atoms with E-state index in [1.165, 1.54) is 18.1 Å². The number of ketones is 1. The van der Waals surface area contributed by atoms with Gasteiger partial charge in [0.1, 0.15) is 41.3 Å². The number of methoxy groups -OCH3 is 1. The molecule has 0 radical (unpaired) electrons. The average Bonchev–Trinajstić information content (AvgIpc) is 3.96. The summed E-state index contributed by atoms with van der Waals surface area (Å²) in [6.07, 6.45) is 1.27. The second kappa shape index (κ2) is 14.9. The van der Waals surface area contributed by atoms with Crippen LogP contribution in [0.2, 0.25) is 0 Å². The number of hydrogen-bond donors (Lipinski definition) is 5. The second-order valence-electron chi connectivity index (χ2n) is 15.1. The van der Waals surface area contributed by atoms with Gasteiger partial charge in [0.2, 0.25) is 6.29 Å². The van der Waals surface area contributed by atoms with E-state index in [0.717, 1.165) is 42.3 Å².